The lowest BCUT2D eigenvalue weighted by atomic mass is 10.1. The predicted octanol–water partition coefficient (Wildman–Crippen LogP) is 4.46. The molecule has 0 aliphatic rings. The van der Waals surface area contributed by atoms with Crippen LogP contribution in [0.3, 0.4) is 0 Å². The van der Waals surface area contributed by atoms with Crippen LogP contribution in [0, 0.1) is 0 Å². The van der Waals surface area contributed by atoms with Gasteiger partial charge >= 0.3 is 0 Å². The average molecular weight is 343 g/mol. The molecule has 21 heavy (non-hydrogen) atoms. The van der Waals surface area contributed by atoms with E-state index in [1.807, 2.05) is 24.4 Å². The first-order valence-corrected chi connectivity index (χ1v) is 7.40. The maximum Gasteiger partial charge on any atom is 0.141 e. The van der Waals surface area contributed by atoms with E-state index in [2.05, 4.69) is 56.5 Å². The lowest BCUT2D eigenvalue weighted by molar-refractivity contribution is 0.371. The molecule has 106 valence electrons. The summed E-state index contributed by atoms with van der Waals surface area (Å²) in [4.78, 5) is 4.46. The Hall–Kier alpha value is -2.07. The van der Waals surface area contributed by atoms with E-state index in [0.29, 0.717) is 5.76 Å². The van der Waals surface area contributed by atoms with Gasteiger partial charge in [-0.3, -0.25) is 0 Å². The molecular formula is C17H15BrN2O. The first kappa shape index (κ1) is 13.9. The number of hydrogen-bond donors (Lipinski definition) is 0. The van der Waals surface area contributed by atoms with Crippen LogP contribution in [0.1, 0.15) is 11.1 Å². The Balaban J connectivity index is 1.88. The molecule has 4 heteroatoms. The first-order chi connectivity index (χ1) is 10.2. The zero-order chi connectivity index (χ0) is 14.8. The van der Waals surface area contributed by atoms with Gasteiger partial charge in [0.25, 0.3) is 0 Å². The van der Waals surface area contributed by atoms with Gasteiger partial charge in [-0.1, -0.05) is 30.8 Å². The van der Waals surface area contributed by atoms with Crippen molar-refractivity contribution in [1.82, 2.24) is 9.55 Å². The van der Waals surface area contributed by atoms with Crippen LogP contribution in [0.25, 0.3) is 16.8 Å². The molecule has 0 atom stereocenters. The van der Waals surface area contributed by atoms with Gasteiger partial charge in [0.05, 0.1) is 7.11 Å². The molecule has 0 saturated carbocycles. The van der Waals surface area contributed by atoms with Crippen molar-refractivity contribution >= 4 is 32.7 Å². The van der Waals surface area contributed by atoms with Crippen molar-refractivity contribution in [2.45, 2.75) is 6.54 Å². The summed E-state index contributed by atoms with van der Waals surface area (Å²) >= 11 is 3.55. The Bertz CT molecular complexity index is 790. The van der Waals surface area contributed by atoms with Crippen LogP contribution >= 0.6 is 15.9 Å². The number of methoxy groups -OCH3 is 1. The molecule has 0 spiro atoms. The van der Waals surface area contributed by atoms with Gasteiger partial charge in [0.2, 0.25) is 0 Å². The maximum absolute atomic E-state index is 5.14. The molecule has 3 nitrogen and oxygen atoms in total. The molecule has 0 radical (unpaired) electrons. The van der Waals surface area contributed by atoms with Crippen molar-refractivity contribution in [1.29, 1.82) is 0 Å². The van der Waals surface area contributed by atoms with Gasteiger partial charge < -0.3 is 9.30 Å². The highest BCUT2D eigenvalue weighted by molar-refractivity contribution is 9.10. The minimum absolute atomic E-state index is 0.679. The fourth-order valence-corrected chi connectivity index (χ4v) is 2.72. The number of rotatable bonds is 4. The lowest BCUT2D eigenvalue weighted by Crippen LogP contribution is -1.99. The van der Waals surface area contributed by atoms with Crippen molar-refractivity contribution in [3.63, 3.8) is 0 Å². The van der Waals surface area contributed by atoms with Crippen LogP contribution in [0.4, 0.5) is 0 Å². The van der Waals surface area contributed by atoms with E-state index in [1.54, 1.807) is 7.11 Å². The zero-order valence-corrected chi connectivity index (χ0v) is 13.3. The van der Waals surface area contributed by atoms with Crippen molar-refractivity contribution < 1.29 is 4.74 Å². The smallest absolute Gasteiger partial charge is 0.141 e. The topological polar surface area (TPSA) is 27.1 Å². The maximum atomic E-state index is 5.14. The largest absolute Gasteiger partial charge is 0.497 e. The molecule has 2 heterocycles. The first-order valence-electron chi connectivity index (χ1n) is 6.60. The Labute approximate surface area is 132 Å². The number of fused-ring (bicyclic) bond motifs is 1. The summed E-state index contributed by atoms with van der Waals surface area (Å²) in [5.41, 5.74) is 3.19. The number of nitrogens with zero attached hydrogens (tertiary/aromatic N) is 2. The molecule has 0 fully saturated rings. The molecule has 2 aromatic heterocycles. The Morgan fingerprint density at radius 2 is 2.00 bits per heavy atom. The number of ether oxygens (including phenoxy) is 1. The normalized spacial score (nSPS) is 10.8. The van der Waals surface area contributed by atoms with Crippen molar-refractivity contribution in [3.05, 3.63) is 71.0 Å². The summed E-state index contributed by atoms with van der Waals surface area (Å²) < 4.78 is 8.34. The minimum Gasteiger partial charge on any atom is -0.497 e. The number of hydrogen-bond acceptors (Lipinski definition) is 2. The molecule has 1 aromatic carbocycles. The average Bonchev–Trinajstić information content (AvgIpc) is 2.92. The summed E-state index contributed by atoms with van der Waals surface area (Å²) in [5.74, 6) is 0.679. The van der Waals surface area contributed by atoms with Crippen LogP contribution < -0.4 is 0 Å². The van der Waals surface area contributed by atoms with E-state index in [-0.39, 0.29) is 0 Å². The fraction of sp³-hybridized carbons (Fsp3) is 0.118. The molecule has 0 N–H and O–H groups in total. The molecule has 3 aromatic rings. The third-order valence-electron chi connectivity index (χ3n) is 3.48. The predicted molar refractivity (Wildman–Crippen MR) is 89.0 cm³/mol. The van der Waals surface area contributed by atoms with Gasteiger partial charge in [-0.05, 0) is 33.6 Å². The number of aromatic nitrogens is 2. The second-order valence-corrected chi connectivity index (χ2v) is 5.65. The monoisotopic (exact) mass is 342 g/mol. The quantitative estimate of drug-likeness (QED) is 0.654. The van der Waals surface area contributed by atoms with Crippen molar-refractivity contribution in [2.75, 3.05) is 7.11 Å². The lowest BCUT2D eigenvalue weighted by Gasteiger charge is -2.08. The van der Waals surface area contributed by atoms with E-state index in [1.165, 1.54) is 5.56 Å². The molecule has 0 aliphatic heterocycles. The SMILES string of the molecule is C=C(OC)c1ccc(Cn2ccc3c(Br)ccnc32)cc1. The van der Waals surface area contributed by atoms with Crippen molar-refractivity contribution in [3.8, 4) is 0 Å². The van der Waals surface area contributed by atoms with Crippen LogP contribution in [0.15, 0.2) is 59.8 Å². The van der Waals surface area contributed by atoms with E-state index in [0.717, 1.165) is 27.6 Å². The molecule has 0 unspecified atom stereocenters. The standard InChI is InChI=1S/C17H15BrN2O/c1-12(21-2)14-5-3-13(4-6-14)11-20-10-8-15-16(18)7-9-19-17(15)20/h3-10H,1,11H2,2H3. The molecule has 0 amide bonds. The van der Waals surface area contributed by atoms with Gasteiger partial charge in [0.15, 0.2) is 0 Å². The highest BCUT2D eigenvalue weighted by Gasteiger charge is 2.06. The van der Waals surface area contributed by atoms with Gasteiger partial charge in [-0.2, -0.15) is 0 Å². The van der Waals surface area contributed by atoms with E-state index >= 15 is 0 Å². The molecule has 3 rings (SSSR count). The van der Waals surface area contributed by atoms with Crippen LogP contribution in [0.2, 0.25) is 0 Å². The summed E-state index contributed by atoms with van der Waals surface area (Å²) in [7, 11) is 1.63. The number of benzene rings is 1. The van der Waals surface area contributed by atoms with Crippen molar-refractivity contribution in [2.24, 2.45) is 0 Å². The molecule has 0 bridgehead atoms. The van der Waals surface area contributed by atoms with Gasteiger partial charge in [0.1, 0.15) is 11.4 Å². The third kappa shape index (κ3) is 2.72. The minimum atomic E-state index is 0.679. The highest BCUT2D eigenvalue weighted by atomic mass is 79.9. The number of halogens is 1. The highest BCUT2D eigenvalue weighted by Crippen LogP contribution is 2.23. The van der Waals surface area contributed by atoms with Crippen LogP contribution in [0.5, 0.6) is 0 Å². The second kappa shape index (κ2) is 5.74. The van der Waals surface area contributed by atoms with E-state index in [4.69, 9.17) is 4.74 Å². The van der Waals surface area contributed by atoms with Gasteiger partial charge in [0, 0.05) is 34.4 Å². The molecular weight excluding hydrogens is 328 g/mol. The van der Waals surface area contributed by atoms with Gasteiger partial charge in [-0.15, -0.1) is 0 Å². The summed E-state index contributed by atoms with van der Waals surface area (Å²) in [5, 5.41) is 1.13. The summed E-state index contributed by atoms with van der Waals surface area (Å²) in [6, 6.07) is 12.3. The fourth-order valence-electron chi connectivity index (χ4n) is 2.30. The van der Waals surface area contributed by atoms with Crippen LogP contribution in [-0.2, 0) is 11.3 Å². The summed E-state index contributed by atoms with van der Waals surface area (Å²) in [6.45, 7) is 4.64. The second-order valence-electron chi connectivity index (χ2n) is 4.80. The van der Waals surface area contributed by atoms with E-state index in [9.17, 15) is 0 Å². The van der Waals surface area contributed by atoms with E-state index < -0.39 is 0 Å². The Morgan fingerprint density at radius 3 is 2.71 bits per heavy atom. The molecule has 0 aliphatic carbocycles. The summed E-state index contributed by atoms with van der Waals surface area (Å²) in [6.07, 6.45) is 3.87. The van der Waals surface area contributed by atoms with Gasteiger partial charge in [-0.25, -0.2) is 4.98 Å². The van der Waals surface area contributed by atoms with Crippen LogP contribution in [-0.4, -0.2) is 16.7 Å². The third-order valence-corrected chi connectivity index (χ3v) is 4.18. The Morgan fingerprint density at radius 1 is 1.24 bits per heavy atom. The zero-order valence-electron chi connectivity index (χ0n) is 11.7. The number of pyridine rings is 1. The Kier molecular flexibility index (Phi) is 3.80. The molecule has 0 saturated heterocycles.